The minimum atomic E-state index is -0.378. The first-order valence-electron chi connectivity index (χ1n) is 8.94. The SMILES string of the molecule is CCC(Cc1c(C)[nH]c2ccc(Nc3ccc(OC)c(F)c3)cc12)NC. The highest BCUT2D eigenvalue weighted by molar-refractivity contribution is 5.88. The van der Waals surface area contributed by atoms with Crippen molar-refractivity contribution >= 4 is 22.3 Å². The first-order valence-corrected chi connectivity index (χ1v) is 8.94. The summed E-state index contributed by atoms with van der Waals surface area (Å²) in [6.45, 7) is 4.31. The van der Waals surface area contributed by atoms with Gasteiger partial charge in [-0.15, -0.1) is 0 Å². The second-order valence-electron chi connectivity index (χ2n) is 6.56. The Morgan fingerprint density at radius 3 is 2.54 bits per heavy atom. The lowest BCUT2D eigenvalue weighted by molar-refractivity contribution is 0.386. The standard InChI is InChI=1S/C21H26FN3O/c1-5-14(23-3)10-17-13(2)24-20-8-6-15(11-18(17)20)25-16-7-9-21(26-4)19(22)12-16/h6-9,11-12,14,23-25H,5,10H2,1-4H3. The third-order valence-corrected chi connectivity index (χ3v) is 4.91. The Kier molecular flexibility index (Phi) is 5.47. The predicted molar refractivity (Wildman–Crippen MR) is 106 cm³/mol. The molecule has 0 spiro atoms. The highest BCUT2D eigenvalue weighted by Crippen LogP contribution is 2.29. The lowest BCUT2D eigenvalue weighted by atomic mass is 10.0. The van der Waals surface area contributed by atoms with Gasteiger partial charge in [-0.2, -0.15) is 0 Å². The number of rotatable bonds is 7. The van der Waals surface area contributed by atoms with E-state index in [1.807, 2.05) is 19.2 Å². The molecule has 1 heterocycles. The molecule has 0 aliphatic rings. The van der Waals surface area contributed by atoms with Gasteiger partial charge in [0.2, 0.25) is 0 Å². The first-order chi connectivity index (χ1) is 12.5. The molecule has 0 bridgehead atoms. The molecule has 2 aromatic carbocycles. The number of hydrogen-bond acceptors (Lipinski definition) is 3. The molecule has 26 heavy (non-hydrogen) atoms. The van der Waals surface area contributed by atoms with Crippen molar-refractivity contribution in [2.75, 3.05) is 19.5 Å². The van der Waals surface area contributed by atoms with Gasteiger partial charge in [0.05, 0.1) is 7.11 Å². The van der Waals surface area contributed by atoms with Crippen LogP contribution in [0.15, 0.2) is 36.4 Å². The summed E-state index contributed by atoms with van der Waals surface area (Å²) in [7, 11) is 3.47. The molecule has 138 valence electrons. The molecule has 4 nitrogen and oxygen atoms in total. The molecular weight excluding hydrogens is 329 g/mol. The number of likely N-dealkylation sites (N-methyl/N-ethyl adjacent to an activating group) is 1. The minimum absolute atomic E-state index is 0.243. The van der Waals surface area contributed by atoms with Crippen LogP contribution in [0.2, 0.25) is 0 Å². The number of nitrogens with one attached hydrogen (secondary N) is 3. The van der Waals surface area contributed by atoms with Gasteiger partial charge in [-0.3, -0.25) is 0 Å². The molecule has 0 fully saturated rings. The monoisotopic (exact) mass is 355 g/mol. The number of H-pyrrole nitrogens is 1. The van der Waals surface area contributed by atoms with Crippen molar-refractivity contribution in [3.05, 3.63) is 53.5 Å². The predicted octanol–water partition coefficient (Wildman–Crippen LogP) is 4.91. The Morgan fingerprint density at radius 1 is 1.15 bits per heavy atom. The zero-order valence-electron chi connectivity index (χ0n) is 15.7. The van der Waals surface area contributed by atoms with E-state index in [2.05, 4.69) is 41.6 Å². The van der Waals surface area contributed by atoms with Gasteiger partial charge in [0.1, 0.15) is 0 Å². The van der Waals surface area contributed by atoms with Gasteiger partial charge in [0, 0.05) is 40.1 Å². The van der Waals surface area contributed by atoms with Crippen molar-refractivity contribution in [1.82, 2.24) is 10.3 Å². The number of ether oxygens (including phenoxy) is 1. The number of benzene rings is 2. The van der Waals surface area contributed by atoms with Gasteiger partial charge < -0.3 is 20.4 Å². The third-order valence-electron chi connectivity index (χ3n) is 4.91. The van der Waals surface area contributed by atoms with E-state index in [1.54, 1.807) is 6.07 Å². The molecular formula is C21H26FN3O. The van der Waals surface area contributed by atoms with Crippen molar-refractivity contribution in [3.63, 3.8) is 0 Å². The lowest BCUT2D eigenvalue weighted by Crippen LogP contribution is -2.26. The van der Waals surface area contributed by atoms with Crippen molar-refractivity contribution < 1.29 is 9.13 Å². The third kappa shape index (κ3) is 3.68. The number of aromatic amines is 1. The van der Waals surface area contributed by atoms with Crippen LogP contribution >= 0.6 is 0 Å². The maximum atomic E-state index is 13.9. The van der Waals surface area contributed by atoms with Crippen LogP contribution < -0.4 is 15.4 Å². The van der Waals surface area contributed by atoms with Crippen LogP contribution in [0.3, 0.4) is 0 Å². The van der Waals surface area contributed by atoms with E-state index < -0.39 is 0 Å². The summed E-state index contributed by atoms with van der Waals surface area (Å²) >= 11 is 0. The quantitative estimate of drug-likeness (QED) is 0.564. The van der Waals surface area contributed by atoms with Crippen LogP contribution in [0, 0.1) is 12.7 Å². The topological polar surface area (TPSA) is 49.1 Å². The van der Waals surface area contributed by atoms with Crippen LogP contribution in [0.4, 0.5) is 15.8 Å². The van der Waals surface area contributed by atoms with E-state index in [4.69, 9.17) is 4.74 Å². The number of fused-ring (bicyclic) bond motifs is 1. The smallest absolute Gasteiger partial charge is 0.167 e. The molecule has 1 atom stereocenters. The van der Waals surface area contributed by atoms with Gasteiger partial charge in [0.15, 0.2) is 11.6 Å². The van der Waals surface area contributed by atoms with E-state index in [1.165, 1.54) is 29.8 Å². The second kappa shape index (κ2) is 7.79. The fourth-order valence-electron chi connectivity index (χ4n) is 3.33. The highest BCUT2D eigenvalue weighted by Gasteiger charge is 2.13. The number of halogens is 1. The average Bonchev–Trinajstić information content (AvgIpc) is 2.94. The fraction of sp³-hybridized carbons (Fsp3) is 0.333. The molecule has 0 amide bonds. The number of aryl methyl sites for hydroxylation is 1. The summed E-state index contributed by atoms with van der Waals surface area (Å²) < 4.78 is 18.9. The van der Waals surface area contributed by atoms with Crippen LogP contribution in [-0.2, 0) is 6.42 Å². The van der Waals surface area contributed by atoms with Crippen LogP contribution in [0.25, 0.3) is 10.9 Å². The van der Waals surface area contributed by atoms with E-state index in [0.717, 1.165) is 24.0 Å². The second-order valence-corrected chi connectivity index (χ2v) is 6.56. The lowest BCUT2D eigenvalue weighted by Gasteiger charge is -2.14. The minimum Gasteiger partial charge on any atom is -0.494 e. The van der Waals surface area contributed by atoms with Gasteiger partial charge in [-0.05, 0) is 62.7 Å². The normalized spacial score (nSPS) is 12.3. The van der Waals surface area contributed by atoms with Gasteiger partial charge in [0.25, 0.3) is 0 Å². The molecule has 3 rings (SSSR count). The molecule has 0 saturated heterocycles. The average molecular weight is 355 g/mol. The first kappa shape index (κ1) is 18.3. The maximum absolute atomic E-state index is 13.9. The van der Waals surface area contributed by atoms with E-state index >= 15 is 0 Å². The van der Waals surface area contributed by atoms with Gasteiger partial charge >= 0.3 is 0 Å². The van der Waals surface area contributed by atoms with E-state index in [-0.39, 0.29) is 11.6 Å². The highest BCUT2D eigenvalue weighted by atomic mass is 19.1. The number of anilines is 2. The summed E-state index contributed by atoms with van der Waals surface area (Å²) in [5.74, 6) is -0.135. The molecule has 3 aromatic rings. The summed E-state index contributed by atoms with van der Waals surface area (Å²) in [6, 6.07) is 11.5. The Morgan fingerprint density at radius 2 is 1.88 bits per heavy atom. The number of methoxy groups -OCH3 is 1. The molecule has 3 N–H and O–H groups in total. The Labute approximate surface area is 153 Å². The zero-order chi connectivity index (χ0) is 18.7. The molecule has 1 aromatic heterocycles. The van der Waals surface area contributed by atoms with E-state index in [0.29, 0.717) is 11.7 Å². The van der Waals surface area contributed by atoms with Crippen molar-refractivity contribution in [3.8, 4) is 5.75 Å². The Balaban J connectivity index is 1.91. The number of hydrogen-bond donors (Lipinski definition) is 3. The summed E-state index contributed by atoms with van der Waals surface area (Å²) in [5, 5.41) is 7.86. The Bertz CT molecular complexity index is 900. The molecule has 1 unspecified atom stereocenters. The van der Waals surface area contributed by atoms with Gasteiger partial charge in [-0.25, -0.2) is 4.39 Å². The van der Waals surface area contributed by atoms with Crippen LogP contribution in [0.5, 0.6) is 5.75 Å². The molecule has 0 radical (unpaired) electrons. The molecule has 0 aliphatic heterocycles. The summed E-state index contributed by atoms with van der Waals surface area (Å²) in [5.41, 5.74) is 5.26. The van der Waals surface area contributed by atoms with Crippen molar-refractivity contribution in [1.29, 1.82) is 0 Å². The van der Waals surface area contributed by atoms with Crippen molar-refractivity contribution in [2.45, 2.75) is 32.7 Å². The number of aromatic nitrogens is 1. The fourth-order valence-corrected chi connectivity index (χ4v) is 3.33. The summed E-state index contributed by atoms with van der Waals surface area (Å²) in [6.07, 6.45) is 2.05. The van der Waals surface area contributed by atoms with Crippen LogP contribution in [0.1, 0.15) is 24.6 Å². The van der Waals surface area contributed by atoms with Crippen molar-refractivity contribution in [2.24, 2.45) is 0 Å². The van der Waals surface area contributed by atoms with E-state index in [9.17, 15) is 4.39 Å². The van der Waals surface area contributed by atoms with Gasteiger partial charge in [-0.1, -0.05) is 6.92 Å². The molecule has 5 heteroatoms. The summed E-state index contributed by atoms with van der Waals surface area (Å²) in [4.78, 5) is 3.46. The zero-order valence-corrected chi connectivity index (χ0v) is 15.7. The molecule has 0 saturated carbocycles. The van der Waals surface area contributed by atoms with Crippen LogP contribution in [-0.4, -0.2) is 25.2 Å². The Hall–Kier alpha value is -2.53. The largest absolute Gasteiger partial charge is 0.494 e. The molecule has 0 aliphatic carbocycles. The maximum Gasteiger partial charge on any atom is 0.167 e.